The van der Waals surface area contributed by atoms with Crippen molar-refractivity contribution in [3.8, 4) is 0 Å². The average Bonchev–Trinajstić information content (AvgIpc) is 3.25. The topological polar surface area (TPSA) is 281 Å². The number of aliphatic hydroxyl groups excluding tert-OH is 2. The van der Waals surface area contributed by atoms with Gasteiger partial charge in [-0.3, -0.25) is 28.8 Å². The normalized spacial score (nSPS) is 20.2. The fourth-order valence-electron chi connectivity index (χ4n) is 7.11. The van der Waals surface area contributed by atoms with Crippen molar-refractivity contribution < 1.29 is 48.5 Å². The number of hydrogen-bond donors (Lipinski definition) is 10. The number of carbonyl (C=O) groups is 5. The number of nitrogens with two attached hydrogens (primary N) is 2. The van der Waals surface area contributed by atoms with Crippen LogP contribution in [-0.4, -0.2) is 147 Å². The molecule has 0 saturated carbocycles. The Hall–Kier alpha value is -3.79. The lowest BCUT2D eigenvalue weighted by molar-refractivity contribution is -0.319. The van der Waals surface area contributed by atoms with Gasteiger partial charge in [-0.25, -0.2) is 0 Å². The van der Waals surface area contributed by atoms with E-state index < -0.39 is 60.4 Å². The van der Waals surface area contributed by atoms with Gasteiger partial charge < -0.3 is 63.1 Å². The number of amides is 5. The molecule has 0 unspecified atom stereocenters. The smallest absolute Gasteiger partial charge is 0.248 e. The standard InChI is InChI=1S/C43H77N9O10/c1-5-33-38(56)39(60-28-32-17-7-6-8-18-32)36(27-53)62-43(33)52(4)61-29-37(55)48-26-16-15-25-47-23-13-10-20-35(50-31(3)54)42(59)49-30(2)41(58)51-34(40(45)57)19-9-12-22-46-24-14-11-21-44/h6-8,17-18,30,33-36,38-39,43,46-47,53,56H,5,9-16,19-29,44H2,1-4H3,(H2,45,57)(H,48,55)(H,49,59)(H,50,54)(H,51,58)/t30-,33+,34-,35-,36+,38+,39+,43+/m0/s1. The van der Waals surface area contributed by atoms with E-state index in [1.807, 2.05) is 37.3 Å². The van der Waals surface area contributed by atoms with Gasteiger partial charge in [0.25, 0.3) is 0 Å². The maximum atomic E-state index is 13.0. The lowest BCUT2D eigenvalue weighted by Crippen LogP contribution is -2.60. The number of rotatable bonds is 34. The monoisotopic (exact) mass is 880 g/mol. The number of unbranched alkanes of at least 4 members (excludes halogenated alkanes) is 4. The van der Waals surface area contributed by atoms with Crippen LogP contribution in [0.3, 0.4) is 0 Å². The molecule has 1 aromatic carbocycles. The fourth-order valence-corrected chi connectivity index (χ4v) is 7.11. The Labute approximate surface area is 367 Å². The zero-order chi connectivity index (χ0) is 45.7. The second-order valence-corrected chi connectivity index (χ2v) is 15.9. The van der Waals surface area contributed by atoms with Crippen LogP contribution < -0.4 is 43.4 Å². The molecular weight excluding hydrogens is 803 g/mol. The van der Waals surface area contributed by atoms with Crippen LogP contribution in [0.5, 0.6) is 0 Å². The van der Waals surface area contributed by atoms with Crippen LogP contribution >= 0.6 is 0 Å². The summed E-state index contributed by atoms with van der Waals surface area (Å²) in [6.45, 7) is 8.60. The van der Waals surface area contributed by atoms with Crippen LogP contribution in [0.1, 0.15) is 97.0 Å². The van der Waals surface area contributed by atoms with E-state index in [9.17, 15) is 34.2 Å². The van der Waals surface area contributed by atoms with Crippen LogP contribution in [-0.2, 0) is 44.9 Å². The second kappa shape index (κ2) is 32.0. The average molecular weight is 880 g/mol. The molecule has 1 aliphatic rings. The Bertz CT molecular complexity index is 1430. The maximum absolute atomic E-state index is 13.0. The summed E-state index contributed by atoms with van der Waals surface area (Å²) in [6.07, 6.45) is 4.53. The highest BCUT2D eigenvalue weighted by atomic mass is 16.7. The largest absolute Gasteiger partial charge is 0.394 e. The highest BCUT2D eigenvalue weighted by molar-refractivity contribution is 5.93. The molecule has 19 heteroatoms. The molecule has 0 bridgehead atoms. The molecule has 62 heavy (non-hydrogen) atoms. The molecule has 1 fully saturated rings. The summed E-state index contributed by atoms with van der Waals surface area (Å²) in [6, 6.07) is 6.92. The molecule has 5 amide bonds. The van der Waals surface area contributed by atoms with E-state index in [4.69, 9.17) is 25.8 Å². The molecule has 0 aliphatic carbocycles. The number of hydrogen-bond acceptors (Lipinski definition) is 14. The molecule has 354 valence electrons. The van der Waals surface area contributed by atoms with Crippen LogP contribution in [0, 0.1) is 5.92 Å². The Kier molecular flexibility index (Phi) is 28.0. The third kappa shape index (κ3) is 21.5. The number of carbonyl (C=O) groups excluding carboxylic acids is 5. The van der Waals surface area contributed by atoms with Gasteiger partial charge in [0.1, 0.15) is 43.2 Å². The van der Waals surface area contributed by atoms with Gasteiger partial charge in [-0.05, 0) is 116 Å². The lowest BCUT2D eigenvalue weighted by Gasteiger charge is -2.46. The zero-order valence-corrected chi connectivity index (χ0v) is 37.4. The van der Waals surface area contributed by atoms with Crippen molar-refractivity contribution in [2.24, 2.45) is 17.4 Å². The van der Waals surface area contributed by atoms with Gasteiger partial charge in [-0.15, -0.1) is 0 Å². The summed E-state index contributed by atoms with van der Waals surface area (Å²) < 4.78 is 12.1. The van der Waals surface area contributed by atoms with Crippen molar-refractivity contribution in [2.75, 3.05) is 59.5 Å². The van der Waals surface area contributed by atoms with E-state index in [0.717, 1.165) is 63.7 Å². The number of nitrogens with zero attached hydrogens (tertiary/aromatic N) is 1. The molecular formula is C43H77N9O10. The molecule has 8 atom stereocenters. The minimum Gasteiger partial charge on any atom is -0.394 e. The first-order valence-electron chi connectivity index (χ1n) is 22.3. The van der Waals surface area contributed by atoms with Crippen LogP contribution in [0.25, 0.3) is 0 Å². The van der Waals surface area contributed by atoms with Gasteiger partial charge in [-0.2, -0.15) is 5.06 Å². The molecule has 1 heterocycles. The fraction of sp³-hybridized carbons (Fsp3) is 0.744. The SMILES string of the molecule is CC[C@@H]1[C@@H](O)[C@H](OCc2ccccc2)[C@@H](CO)O[C@H]1N(C)OCC(=O)NCCCCNCCCC[C@H](NC(C)=O)C(=O)N[C@@H](C)C(=O)N[C@@H](CCCCNCCCCN)C(N)=O. The van der Waals surface area contributed by atoms with E-state index >= 15 is 0 Å². The molecule has 2 rings (SSSR count). The summed E-state index contributed by atoms with van der Waals surface area (Å²) in [5.74, 6) is -2.74. The Morgan fingerprint density at radius 3 is 2.02 bits per heavy atom. The number of hydroxylamine groups is 2. The summed E-state index contributed by atoms with van der Waals surface area (Å²) >= 11 is 0. The summed E-state index contributed by atoms with van der Waals surface area (Å²) in [5.41, 5.74) is 12.0. The van der Waals surface area contributed by atoms with Gasteiger partial charge in [-0.1, -0.05) is 37.3 Å². The molecule has 0 aromatic heterocycles. The van der Waals surface area contributed by atoms with Crippen molar-refractivity contribution in [1.82, 2.24) is 37.0 Å². The van der Waals surface area contributed by atoms with Gasteiger partial charge in [0.05, 0.1) is 19.3 Å². The van der Waals surface area contributed by atoms with Crippen molar-refractivity contribution in [3.63, 3.8) is 0 Å². The van der Waals surface area contributed by atoms with Gasteiger partial charge >= 0.3 is 0 Å². The Morgan fingerprint density at radius 1 is 0.839 bits per heavy atom. The number of benzene rings is 1. The van der Waals surface area contributed by atoms with Gasteiger partial charge in [0.2, 0.25) is 29.5 Å². The van der Waals surface area contributed by atoms with E-state index in [1.165, 1.54) is 18.9 Å². The predicted molar refractivity (Wildman–Crippen MR) is 235 cm³/mol. The molecule has 1 aliphatic heterocycles. The van der Waals surface area contributed by atoms with Crippen molar-refractivity contribution in [1.29, 1.82) is 0 Å². The van der Waals surface area contributed by atoms with Gasteiger partial charge in [0, 0.05) is 26.4 Å². The second-order valence-electron chi connectivity index (χ2n) is 15.9. The lowest BCUT2D eigenvalue weighted by atomic mass is 9.87. The van der Waals surface area contributed by atoms with E-state index in [2.05, 4.69) is 31.9 Å². The van der Waals surface area contributed by atoms with Crippen molar-refractivity contribution >= 4 is 29.5 Å². The first kappa shape index (κ1) is 54.3. The third-order valence-corrected chi connectivity index (χ3v) is 10.7. The molecule has 12 N–H and O–H groups in total. The van der Waals surface area contributed by atoms with Crippen LogP contribution in [0.2, 0.25) is 0 Å². The van der Waals surface area contributed by atoms with Crippen molar-refractivity contribution in [2.45, 2.75) is 141 Å². The summed E-state index contributed by atoms with van der Waals surface area (Å²) in [4.78, 5) is 68.0. The number of ether oxygens (including phenoxy) is 2. The summed E-state index contributed by atoms with van der Waals surface area (Å²) in [7, 11) is 1.63. The number of aliphatic hydroxyl groups is 2. The predicted octanol–water partition coefficient (Wildman–Crippen LogP) is -0.326. The van der Waals surface area contributed by atoms with Crippen molar-refractivity contribution in [3.05, 3.63) is 35.9 Å². The van der Waals surface area contributed by atoms with Gasteiger partial charge in [0.15, 0.2) is 0 Å². The quantitative estimate of drug-likeness (QED) is 0.0314. The number of primary amides is 1. The molecule has 1 aromatic rings. The Morgan fingerprint density at radius 2 is 1.44 bits per heavy atom. The van der Waals surface area contributed by atoms with E-state index in [0.29, 0.717) is 51.7 Å². The molecule has 0 spiro atoms. The van der Waals surface area contributed by atoms with Crippen LogP contribution in [0.15, 0.2) is 30.3 Å². The van der Waals surface area contributed by atoms with Crippen LogP contribution in [0.4, 0.5) is 0 Å². The van der Waals surface area contributed by atoms with E-state index in [-0.39, 0.29) is 37.6 Å². The van der Waals surface area contributed by atoms with E-state index in [1.54, 1.807) is 7.05 Å². The highest BCUT2D eigenvalue weighted by Gasteiger charge is 2.46. The number of nitrogens with one attached hydrogen (secondary N) is 6. The minimum absolute atomic E-state index is 0.243. The Balaban J connectivity index is 1.62. The molecule has 1 saturated heterocycles. The zero-order valence-electron chi connectivity index (χ0n) is 37.4. The molecule has 0 radical (unpaired) electrons. The maximum Gasteiger partial charge on any atom is 0.248 e. The summed E-state index contributed by atoms with van der Waals surface area (Å²) in [5, 5.41) is 40.1. The first-order valence-corrected chi connectivity index (χ1v) is 22.3. The first-order chi connectivity index (χ1) is 29.8. The minimum atomic E-state index is -0.953. The third-order valence-electron chi connectivity index (χ3n) is 10.7. The molecule has 19 nitrogen and oxygen atoms in total. The highest BCUT2D eigenvalue weighted by Crippen LogP contribution is 2.32.